The van der Waals surface area contributed by atoms with Crippen LogP contribution >= 0.6 is 0 Å². The minimum Gasteiger partial charge on any atom is -0.482 e. The number of fused-ring (bicyclic) bond motifs is 1. The number of ether oxygens (including phenoxy) is 1. The number of hydrogen-bond acceptors (Lipinski definition) is 4. The van der Waals surface area contributed by atoms with Crippen LogP contribution in [0.4, 0.5) is 0 Å². The molecule has 18 heavy (non-hydrogen) atoms. The third-order valence-electron chi connectivity index (χ3n) is 2.96. The lowest BCUT2D eigenvalue weighted by molar-refractivity contribution is -0.108. The summed E-state index contributed by atoms with van der Waals surface area (Å²) in [5, 5.41) is 0.526. The average molecular weight is 242 g/mol. The van der Waals surface area contributed by atoms with Gasteiger partial charge in [0.05, 0.1) is 17.2 Å². The zero-order valence-electron chi connectivity index (χ0n) is 9.42. The Labute approximate surface area is 102 Å². The quantitative estimate of drug-likeness (QED) is 0.809. The summed E-state index contributed by atoms with van der Waals surface area (Å²) < 4.78 is 5.45. The van der Waals surface area contributed by atoms with Gasteiger partial charge in [-0.2, -0.15) is 0 Å². The first-order valence-electron chi connectivity index (χ1n) is 5.57. The average Bonchev–Trinajstić information content (AvgIpc) is 2.88. The van der Waals surface area contributed by atoms with Gasteiger partial charge in [-0.3, -0.25) is 9.59 Å². The number of carbonyl (C=O) groups is 1. The maximum Gasteiger partial charge on any atom is 0.258 e. The maximum absolute atomic E-state index is 11.7. The maximum atomic E-state index is 11.7. The van der Waals surface area contributed by atoms with Crippen molar-refractivity contribution in [2.75, 3.05) is 0 Å². The number of aldehydes is 1. The van der Waals surface area contributed by atoms with Crippen LogP contribution in [0.3, 0.4) is 0 Å². The summed E-state index contributed by atoms with van der Waals surface area (Å²) in [6, 6.07) is 5.40. The van der Waals surface area contributed by atoms with Crippen LogP contribution < -0.4 is 5.56 Å². The molecule has 1 N–H and O–H groups in total. The molecular weight excluding hydrogens is 232 g/mol. The minimum absolute atomic E-state index is 0.177. The van der Waals surface area contributed by atoms with Crippen molar-refractivity contribution in [3.63, 3.8) is 0 Å². The molecule has 0 radical (unpaired) electrons. The van der Waals surface area contributed by atoms with E-state index in [-0.39, 0.29) is 11.7 Å². The van der Waals surface area contributed by atoms with E-state index in [9.17, 15) is 9.59 Å². The van der Waals surface area contributed by atoms with Crippen molar-refractivity contribution in [3.8, 4) is 0 Å². The highest BCUT2D eigenvalue weighted by Crippen LogP contribution is 2.30. The first-order valence-corrected chi connectivity index (χ1v) is 5.57. The van der Waals surface area contributed by atoms with Crippen molar-refractivity contribution < 1.29 is 9.53 Å². The second-order valence-corrected chi connectivity index (χ2v) is 4.07. The summed E-state index contributed by atoms with van der Waals surface area (Å²) in [5.41, 5.74) is 1.33. The molecule has 1 aromatic carbocycles. The lowest BCUT2D eigenvalue weighted by Gasteiger charge is -2.12. The molecule has 5 nitrogen and oxygen atoms in total. The molecule has 5 heteroatoms. The van der Waals surface area contributed by atoms with E-state index in [4.69, 9.17) is 4.74 Å². The molecule has 1 atom stereocenters. The fraction of sp³-hybridized carbons (Fsp3) is 0.154. The van der Waals surface area contributed by atoms with Crippen molar-refractivity contribution in [1.29, 1.82) is 0 Å². The summed E-state index contributed by atoms with van der Waals surface area (Å²) in [6.45, 7) is 0. The number of aromatic nitrogens is 2. The first kappa shape index (κ1) is 10.7. The smallest absolute Gasteiger partial charge is 0.258 e. The molecule has 0 bridgehead atoms. The fourth-order valence-electron chi connectivity index (χ4n) is 2.05. The van der Waals surface area contributed by atoms with Gasteiger partial charge in [-0.25, -0.2) is 4.98 Å². The van der Waals surface area contributed by atoms with E-state index in [1.165, 1.54) is 6.33 Å². The van der Waals surface area contributed by atoms with Crippen molar-refractivity contribution in [2.24, 2.45) is 0 Å². The van der Waals surface area contributed by atoms with E-state index in [1.807, 2.05) is 6.07 Å². The van der Waals surface area contributed by atoms with Crippen LogP contribution in [0, 0.1) is 0 Å². The van der Waals surface area contributed by atoms with Crippen LogP contribution in [0.5, 0.6) is 0 Å². The predicted molar refractivity (Wildman–Crippen MR) is 65.0 cm³/mol. The number of allylic oxidation sites excluding steroid dienone is 1. The molecule has 0 amide bonds. The van der Waals surface area contributed by atoms with Crippen LogP contribution in [-0.2, 0) is 9.53 Å². The topological polar surface area (TPSA) is 72.0 Å². The van der Waals surface area contributed by atoms with E-state index in [0.717, 1.165) is 5.56 Å². The summed E-state index contributed by atoms with van der Waals surface area (Å²) in [7, 11) is 0. The third-order valence-corrected chi connectivity index (χ3v) is 2.96. The summed E-state index contributed by atoms with van der Waals surface area (Å²) in [5.74, 6) is 0.347. The molecule has 2 heterocycles. The first-order chi connectivity index (χ1) is 8.78. The number of aromatic amines is 1. The SMILES string of the molecule is O=CC1=CCC(c2ccc3nc[nH]c(=O)c3c2)O1. The highest BCUT2D eigenvalue weighted by molar-refractivity contribution is 5.78. The second kappa shape index (κ2) is 4.10. The molecule has 1 aromatic heterocycles. The Kier molecular flexibility index (Phi) is 2.44. The Balaban J connectivity index is 2.02. The molecule has 2 aromatic rings. The van der Waals surface area contributed by atoms with Gasteiger partial charge in [0.25, 0.3) is 5.56 Å². The molecule has 0 fully saturated rings. The van der Waals surface area contributed by atoms with Gasteiger partial charge in [0, 0.05) is 6.42 Å². The van der Waals surface area contributed by atoms with E-state index in [1.54, 1.807) is 18.2 Å². The van der Waals surface area contributed by atoms with Crippen molar-refractivity contribution >= 4 is 17.2 Å². The summed E-state index contributed by atoms with van der Waals surface area (Å²) in [6.07, 6.45) is 4.25. The molecule has 0 saturated carbocycles. The van der Waals surface area contributed by atoms with Gasteiger partial charge < -0.3 is 9.72 Å². The van der Waals surface area contributed by atoms with E-state index < -0.39 is 0 Å². The van der Waals surface area contributed by atoms with Gasteiger partial charge in [0.2, 0.25) is 0 Å². The van der Waals surface area contributed by atoms with Crippen molar-refractivity contribution in [3.05, 3.63) is 52.3 Å². The van der Waals surface area contributed by atoms with Gasteiger partial charge in [-0.05, 0) is 23.8 Å². The Morgan fingerprint density at radius 1 is 1.44 bits per heavy atom. The Hall–Kier alpha value is -2.43. The molecule has 1 aliphatic heterocycles. The molecule has 0 spiro atoms. The predicted octanol–water partition coefficient (Wildman–Crippen LogP) is 1.47. The molecule has 1 aliphatic rings. The van der Waals surface area contributed by atoms with Gasteiger partial charge in [0.1, 0.15) is 6.10 Å². The number of hydrogen-bond donors (Lipinski definition) is 1. The van der Waals surface area contributed by atoms with Crippen LogP contribution in [0.2, 0.25) is 0 Å². The highest BCUT2D eigenvalue weighted by atomic mass is 16.5. The van der Waals surface area contributed by atoms with Crippen LogP contribution in [0.15, 0.2) is 41.2 Å². The normalized spacial score (nSPS) is 18.4. The largest absolute Gasteiger partial charge is 0.482 e. The lowest BCUT2D eigenvalue weighted by Crippen LogP contribution is -2.07. The molecule has 3 rings (SSSR count). The van der Waals surface area contributed by atoms with Gasteiger partial charge >= 0.3 is 0 Å². The third kappa shape index (κ3) is 1.69. The van der Waals surface area contributed by atoms with Crippen molar-refractivity contribution in [2.45, 2.75) is 12.5 Å². The zero-order chi connectivity index (χ0) is 12.5. The summed E-state index contributed by atoms with van der Waals surface area (Å²) >= 11 is 0. The fourth-order valence-corrected chi connectivity index (χ4v) is 2.05. The van der Waals surface area contributed by atoms with Gasteiger partial charge in [-0.15, -0.1) is 0 Å². The minimum atomic E-state index is -0.200. The van der Waals surface area contributed by atoms with Crippen LogP contribution in [0.25, 0.3) is 10.9 Å². The van der Waals surface area contributed by atoms with Gasteiger partial charge in [0.15, 0.2) is 12.0 Å². The second-order valence-electron chi connectivity index (χ2n) is 4.07. The number of nitrogens with one attached hydrogen (secondary N) is 1. The lowest BCUT2D eigenvalue weighted by atomic mass is 10.1. The Morgan fingerprint density at radius 3 is 3.11 bits per heavy atom. The van der Waals surface area contributed by atoms with Crippen LogP contribution in [-0.4, -0.2) is 16.3 Å². The monoisotopic (exact) mass is 242 g/mol. The highest BCUT2D eigenvalue weighted by Gasteiger charge is 2.20. The number of nitrogens with zero attached hydrogens (tertiary/aromatic N) is 1. The van der Waals surface area contributed by atoms with Gasteiger partial charge in [-0.1, -0.05) is 6.07 Å². The molecular formula is C13H10N2O3. The molecule has 0 aliphatic carbocycles. The Morgan fingerprint density at radius 2 is 2.33 bits per heavy atom. The molecule has 90 valence electrons. The number of carbonyl (C=O) groups excluding carboxylic acids is 1. The number of H-pyrrole nitrogens is 1. The molecule has 1 unspecified atom stereocenters. The standard InChI is InChI=1S/C13H10N2O3/c16-6-9-2-4-12(18-9)8-1-3-11-10(5-8)13(17)15-7-14-11/h1-3,5-7,12H,4H2,(H,14,15,17). The van der Waals surface area contributed by atoms with E-state index >= 15 is 0 Å². The van der Waals surface area contributed by atoms with Crippen molar-refractivity contribution in [1.82, 2.24) is 9.97 Å². The Bertz CT molecular complexity index is 703. The van der Waals surface area contributed by atoms with E-state index in [0.29, 0.717) is 29.4 Å². The number of rotatable bonds is 2. The molecule has 0 saturated heterocycles. The summed E-state index contributed by atoms with van der Waals surface area (Å²) in [4.78, 5) is 28.9. The zero-order valence-corrected chi connectivity index (χ0v) is 9.42. The number of benzene rings is 1. The van der Waals surface area contributed by atoms with E-state index in [2.05, 4.69) is 9.97 Å². The van der Waals surface area contributed by atoms with Crippen LogP contribution in [0.1, 0.15) is 18.1 Å².